The number of aromatic nitrogens is 1. The zero-order valence-electron chi connectivity index (χ0n) is 15.4. The Morgan fingerprint density at radius 1 is 0.962 bits per heavy atom. The highest BCUT2D eigenvalue weighted by Gasteiger charge is 2.20. The Bertz CT molecular complexity index is 848. The third-order valence-electron chi connectivity index (χ3n) is 5.12. The third-order valence-corrected chi connectivity index (χ3v) is 5.98. The second kappa shape index (κ2) is 7.74. The predicted octanol–water partition coefficient (Wildman–Crippen LogP) is 4.34. The number of rotatable bonds is 5. The van der Waals surface area contributed by atoms with Crippen LogP contribution in [-0.2, 0) is 13.1 Å². The summed E-state index contributed by atoms with van der Waals surface area (Å²) in [6, 6.07) is 12.8. The van der Waals surface area contributed by atoms with Crippen LogP contribution in [0.25, 0.3) is 10.8 Å². The summed E-state index contributed by atoms with van der Waals surface area (Å²) in [6.07, 6.45) is 0. The van der Waals surface area contributed by atoms with Crippen molar-refractivity contribution in [3.63, 3.8) is 0 Å². The van der Waals surface area contributed by atoms with Gasteiger partial charge in [-0.1, -0.05) is 30.3 Å². The van der Waals surface area contributed by atoms with E-state index in [2.05, 4.69) is 52.4 Å². The van der Waals surface area contributed by atoms with Gasteiger partial charge in [0.1, 0.15) is 5.76 Å². The number of benzene rings is 1. The SMILES string of the molecule is Cc1ccccc1CN1CCN(Cc2nc(-c3cccs3)oc2C)CC1. The molecule has 3 aromatic rings. The van der Waals surface area contributed by atoms with Gasteiger partial charge in [-0.3, -0.25) is 9.80 Å². The van der Waals surface area contributed by atoms with Gasteiger partial charge in [0.2, 0.25) is 5.89 Å². The molecule has 5 heteroatoms. The van der Waals surface area contributed by atoms with Crippen LogP contribution in [-0.4, -0.2) is 41.0 Å². The Morgan fingerprint density at radius 2 is 1.69 bits per heavy atom. The van der Waals surface area contributed by atoms with E-state index in [1.165, 1.54) is 11.1 Å². The average molecular weight is 368 g/mol. The first-order valence-corrected chi connectivity index (χ1v) is 10.1. The molecule has 0 atom stereocenters. The maximum atomic E-state index is 5.88. The second-order valence-electron chi connectivity index (χ2n) is 6.98. The first kappa shape index (κ1) is 17.5. The highest BCUT2D eigenvalue weighted by Crippen LogP contribution is 2.26. The summed E-state index contributed by atoms with van der Waals surface area (Å²) in [5, 5.41) is 2.06. The smallest absolute Gasteiger partial charge is 0.236 e. The van der Waals surface area contributed by atoms with Gasteiger partial charge in [-0.15, -0.1) is 11.3 Å². The molecule has 3 heterocycles. The van der Waals surface area contributed by atoms with E-state index >= 15 is 0 Å². The standard InChI is InChI=1S/C21H25N3OS/c1-16-6-3-4-7-18(16)14-23-9-11-24(12-10-23)15-19-17(2)25-21(22-19)20-8-5-13-26-20/h3-8,13H,9-12,14-15H2,1-2H3. The van der Waals surface area contributed by atoms with Gasteiger partial charge >= 0.3 is 0 Å². The summed E-state index contributed by atoms with van der Waals surface area (Å²) < 4.78 is 5.88. The Morgan fingerprint density at radius 3 is 2.38 bits per heavy atom. The summed E-state index contributed by atoms with van der Waals surface area (Å²) in [4.78, 5) is 10.9. The van der Waals surface area contributed by atoms with E-state index in [4.69, 9.17) is 9.40 Å². The van der Waals surface area contributed by atoms with Crippen molar-refractivity contribution in [3.8, 4) is 10.8 Å². The lowest BCUT2D eigenvalue weighted by atomic mass is 10.1. The number of thiophene rings is 1. The third kappa shape index (κ3) is 3.90. The van der Waals surface area contributed by atoms with Gasteiger partial charge < -0.3 is 4.42 Å². The Kier molecular flexibility index (Phi) is 5.20. The maximum absolute atomic E-state index is 5.88. The van der Waals surface area contributed by atoms with E-state index in [0.717, 1.165) is 61.5 Å². The van der Waals surface area contributed by atoms with Gasteiger partial charge in [0, 0.05) is 39.3 Å². The van der Waals surface area contributed by atoms with Crippen LogP contribution in [0.2, 0.25) is 0 Å². The molecule has 1 aliphatic heterocycles. The molecular weight excluding hydrogens is 342 g/mol. The largest absolute Gasteiger partial charge is 0.440 e. The topological polar surface area (TPSA) is 32.5 Å². The van der Waals surface area contributed by atoms with Crippen molar-refractivity contribution in [3.05, 3.63) is 64.4 Å². The Hall–Kier alpha value is -1.95. The van der Waals surface area contributed by atoms with E-state index in [-0.39, 0.29) is 0 Å². The average Bonchev–Trinajstić information content (AvgIpc) is 3.29. The summed E-state index contributed by atoms with van der Waals surface area (Å²) in [7, 11) is 0. The molecule has 2 aromatic heterocycles. The molecule has 0 bridgehead atoms. The molecule has 0 radical (unpaired) electrons. The van der Waals surface area contributed by atoms with E-state index in [1.807, 2.05) is 13.0 Å². The zero-order valence-corrected chi connectivity index (χ0v) is 16.3. The van der Waals surface area contributed by atoms with Crippen LogP contribution in [0.4, 0.5) is 0 Å². The Balaban J connectivity index is 1.34. The van der Waals surface area contributed by atoms with E-state index in [1.54, 1.807) is 11.3 Å². The predicted molar refractivity (Wildman–Crippen MR) is 106 cm³/mol. The van der Waals surface area contributed by atoms with Gasteiger partial charge in [0.05, 0.1) is 10.6 Å². The maximum Gasteiger partial charge on any atom is 0.236 e. The first-order valence-electron chi connectivity index (χ1n) is 9.18. The van der Waals surface area contributed by atoms with Crippen LogP contribution in [0.3, 0.4) is 0 Å². The molecule has 0 aliphatic carbocycles. The van der Waals surface area contributed by atoms with Crippen LogP contribution in [0, 0.1) is 13.8 Å². The van der Waals surface area contributed by atoms with Crippen LogP contribution < -0.4 is 0 Å². The fourth-order valence-corrected chi connectivity index (χ4v) is 4.08. The molecule has 0 amide bonds. The fourth-order valence-electron chi connectivity index (χ4n) is 3.43. The number of oxazole rings is 1. The van der Waals surface area contributed by atoms with E-state index < -0.39 is 0 Å². The Labute approximate surface area is 159 Å². The monoisotopic (exact) mass is 367 g/mol. The van der Waals surface area contributed by atoms with Crippen LogP contribution in [0.1, 0.15) is 22.6 Å². The fraction of sp³-hybridized carbons (Fsp3) is 0.381. The van der Waals surface area contributed by atoms with Gasteiger partial charge in [0.15, 0.2) is 0 Å². The van der Waals surface area contributed by atoms with Gasteiger partial charge in [-0.05, 0) is 36.4 Å². The normalized spacial score (nSPS) is 16.2. The first-order chi connectivity index (χ1) is 12.7. The number of aryl methyl sites for hydroxylation is 2. The minimum Gasteiger partial charge on any atom is -0.440 e. The summed E-state index contributed by atoms with van der Waals surface area (Å²) in [5.74, 6) is 1.70. The van der Waals surface area contributed by atoms with Crippen LogP contribution >= 0.6 is 11.3 Å². The second-order valence-corrected chi connectivity index (χ2v) is 7.93. The van der Waals surface area contributed by atoms with Crippen molar-refractivity contribution < 1.29 is 4.42 Å². The summed E-state index contributed by atoms with van der Waals surface area (Å²) in [6.45, 7) is 10.5. The number of hydrogen-bond donors (Lipinski definition) is 0. The minimum absolute atomic E-state index is 0.755. The van der Waals surface area contributed by atoms with E-state index in [0.29, 0.717) is 0 Å². The number of hydrogen-bond acceptors (Lipinski definition) is 5. The highest BCUT2D eigenvalue weighted by molar-refractivity contribution is 7.13. The molecule has 4 nitrogen and oxygen atoms in total. The van der Waals surface area contributed by atoms with Gasteiger partial charge in [-0.25, -0.2) is 4.98 Å². The molecule has 1 saturated heterocycles. The zero-order chi connectivity index (χ0) is 17.9. The lowest BCUT2D eigenvalue weighted by molar-refractivity contribution is 0.120. The molecule has 0 spiro atoms. The van der Waals surface area contributed by atoms with Crippen molar-refractivity contribution in [2.45, 2.75) is 26.9 Å². The highest BCUT2D eigenvalue weighted by atomic mass is 32.1. The molecule has 0 saturated carbocycles. The molecule has 136 valence electrons. The lowest BCUT2D eigenvalue weighted by Crippen LogP contribution is -2.45. The minimum atomic E-state index is 0.755. The van der Waals surface area contributed by atoms with Crippen molar-refractivity contribution in [1.82, 2.24) is 14.8 Å². The van der Waals surface area contributed by atoms with Crippen molar-refractivity contribution in [1.29, 1.82) is 0 Å². The van der Waals surface area contributed by atoms with Gasteiger partial charge in [-0.2, -0.15) is 0 Å². The van der Waals surface area contributed by atoms with Gasteiger partial charge in [0.25, 0.3) is 0 Å². The molecule has 1 fully saturated rings. The van der Waals surface area contributed by atoms with Crippen molar-refractivity contribution in [2.24, 2.45) is 0 Å². The van der Waals surface area contributed by atoms with Crippen molar-refractivity contribution >= 4 is 11.3 Å². The van der Waals surface area contributed by atoms with Crippen LogP contribution in [0.5, 0.6) is 0 Å². The molecule has 0 N–H and O–H groups in total. The van der Waals surface area contributed by atoms with Crippen LogP contribution in [0.15, 0.2) is 46.2 Å². The molecule has 4 rings (SSSR count). The molecule has 1 aliphatic rings. The van der Waals surface area contributed by atoms with E-state index in [9.17, 15) is 0 Å². The molecular formula is C21H25N3OS. The quantitative estimate of drug-likeness (QED) is 0.672. The van der Waals surface area contributed by atoms with Crippen molar-refractivity contribution in [2.75, 3.05) is 26.2 Å². The molecule has 0 unspecified atom stereocenters. The number of nitrogens with zero attached hydrogens (tertiary/aromatic N) is 3. The summed E-state index contributed by atoms with van der Waals surface area (Å²) in [5.41, 5.74) is 3.89. The molecule has 26 heavy (non-hydrogen) atoms. The number of piperazine rings is 1. The lowest BCUT2D eigenvalue weighted by Gasteiger charge is -2.34. The summed E-state index contributed by atoms with van der Waals surface area (Å²) >= 11 is 1.67. The molecule has 1 aromatic carbocycles.